The third kappa shape index (κ3) is 7.31. The van der Waals surface area contributed by atoms with Crippen LogP contribution in [0.1, 0.15) is 32.5 Å². The fraction of sp³-hybridized carbons (Fsp3) is 0.583. The summed E-state index contributed by atoms with van der Waals surface area (Å²) < 4.78 is 29.1. The fourth-order valence-corrected chi connectivity index (χ4v) is 3.50. The summed E-state index contributed by atoms with van der Waals surface area (Å²) >= 11 is 0. The number of hydrogen-bond donors (Lipinski definition) is 2. The summed E-state index contributed by atoms with van der Waals surface area (Å²) in [6.45, 7) is 8.36. The topological polar surface area (TPSA) is 130 Å². The van der Waals surface area contributed by atoms with Crippen molar-refractivity contribution in [3.8, 4) is 11.5 Å². The second-order valence-corrected chi connectivity index (χ2v) is 8.35. The number of methoxy groups -OCH3 is 2. The monoisotopic (exact) mass is 504 g/mol. The van der Waals surface area contributed by atoms with E-state index in [1.54, 1.807) is 14.2 Å². The number of aryl methyl sites for hydroxylation is 1. The lowest BCUT2D eigenvalue weighted by atomic mass is 10.2. The summed E-state index contributed by atoms with van der Waals surface area (Å²) in [7, 11) is 3.25. The maximum Gasteiger partial charge on any atom is 0.407 e. The molecule has 0 atom stereocenters. The van der Waals surface area contributed by atoms with E-state index < -0.39 is 6.09 Å². The Morgan fingerprint density at radius 2 is 1.64 bits per heavy atom. The quantitative estimate of drug-likeness (QED) is 0.298. The number of aromatic nitrogens is 4. The number of hydrogen-bond acceptors (Lipinski definition) is 10. The van der Waals surface area contributed by atoms with E-state index in [-0.39, 0.29) is 6.10 Å². The van der Waals surface area contributed by atoms with E-state index in [1.807, 2.05) is 37.3 Å². The second-order valence-electron chi connectivity index (χ2n) is 8.35. The average molecular weight is 505 g/mol. The number of fused-ring (bicyclic) bond motifs is 3. The first kappa shape index (κ1) is 27.2. The number of amides is 1. The van der Waals surface area contributed by atoms with Gasteiger partial charge in [0.25, 0.3) is 0 Å². The number of rotatable bonds is 15. The van der Waals surface area contributed by atoms with Gasteiger partial charge in [0.05, 0.1) is 30.4 Å². The normalized spacial score (nSPS) is 11.3. The highest BCUT2D eigenvalue weighted by Gasteiger charge is 2.17. The zero-order valence-corrected chi connectivity index (χ0v) is 21.6. The molecule has 0 aliphatic heterocycles. The minimum Gasteiger partial charge on any atom is -0.487 e. The highest BCUT2D eigenvalue weighted by molar-refractivity contribution is 5.85. The molecule has 0 saturated carbocycles. The molecule has 12 heteroatoms. The number of nitrogens with zero attached hydrogens (tertiary/aromatic N) is 4. The van der Waals surface area contributed by atoms with E-state index in [0.29, 0.717) is 68.0 Å². The first-order valence-corrected chi connectivity index (χ1v) is 12.1. The van der Waals surface area contributed by atoms with Crippen LogP contribution < -0.4 is 20.1 Å². The van der Waals surface area contributed by atoms with Crippen LogP contribution in [0.4, 0.5) is 10.6 Å². The summed E-state index contributed by atoms with van der Waals surface area (Å²) in [6, 6.07) is 3.73. The van der Waals surface area contributed by atoms with Crippen molar-refractivity contribution in [2.24, 2.45) is 0 Å². The predicted octanol–water partition coefficient (Wildman–Crippen LogP) is 2.96. The van der Waals surface area contributed by atoms with E-state index in [1.165, 1.54) is 0 Å². The van der Waals surface area contributed by atoms with Crippen LogP contribution in [0, 0.1) is 6.92 Å². The molecule has 0 bridgehead atoms. The van der Waals surface area contributed by atoms with E-state index in [0.717, 1.165) is 24.2 Å². The molecule has 0 unspecified atom stereocenters. The Balaban J connectivity index is 1.77. The minimum atomic E-state index is -0.399. The van der Waals surface area contributed by atoms with Gasteiger partial charge in [-0.05, 0) is 33.6 Å². The van der Waals surface area contributed by atoms with Crippen LogP contribution in [-0.4, -0.2) is 85.5 Å². The van der Waals surface area contributed by atoms with Gasteiger partial charge in [0.2, 0.25) is 5.65 Å². The minimum absolute atomic E-state index is 0.140. The molecule has 36 heavy (non-hydrogen) atoms. The Hall–Kier alpha value is -3.38. The number of unbranched alkanes of at least 4 members (excludes halogenated alkanes) is 1. The first-order chi connectivity index (χ1) is 17.4. The molecule has 0 spiro atoms. The lowest BCUT2D eigenvalue weighted by molar-refractivity contribution is 0.115. The van der Waals surface area contributed by atoms with Gasteiger partial charge in [-0.3, -0.25) is 4.40 Å². The average Bonchev–Trinajstić information content (AvgIpc) is 3.23. The van der Waals surface area contributed by atoms with Crippen molar-refractivity contribution < 1.29 is 28.5 Å². The molecule has 12 nitrogen and oxygen atoms in total. The second kappa shape index (κ2) is 13.6. The third-order valence-electron chi connectivity index (χ3n) is 5.15. The maximum atomic E-state index is 11.6. The summed E-state index contributed by atoms with van der Waals surface area (Å²) in [5.41, 5.74) is 2.13. The molecule has 2 aromatic heterocycles. The van der Waals surface area contributed by atoms with Gasteiger partial charge in [0, 0.05) is 39.4 Å². The standard InChI is InChI=1S/C24H36N6O6/c1-16(2)36-24(31)26-9-7-6-8-25-22-23-29-28-17(3)30(23)19-15-21(35-13-11-33-5)20(14-18(19)27-22)34-12-10-32-4/h14-16H,6-13H2,1-5H3,(H,25,27)(H,26,31). The Kier molecular flexibility index (Phi) is 10.3. The molecule has 3 aromatic rings. The molecule has 0 saturated heterocycles. The molecule has 1 aromatic carbocycles. The summed E-state index contributed by atoms with van der Waals surface area (Å²) in [5.74, 6) is 2.49. The van der Waals surface area contributed by atoms with Gasteiger partial charge in [-0.25, -0.2) is 9.78 Å². The maximum absolute atomic E-state index is 11.6. The summed E-state index contributed by atoms with van der Waals surface area (Å²) in [5, 5.41) is 14.7. The van der Waals surface area contributed by atoms with Crippen molar-refractivity contribution in [1.82, 2.24) is 24.9 Å². The fourth-order valence-electron chi connectivity index (χ4n) is 3.50. The highest BCUT2D eigenvalue weighted by atomic mass is 16.6. The van der Waals surface area contributed by atoms with E-state index in [9.17, 15) is 4.79 Å². The van der Waals surface area contributed by atoms with Crippen LogP contribution in [0.15, 0.2) is 12.1 Å². The molecule has 0 fully saturated rings. The molecule has 2 heterocycles. The number of carbonyl (C=O) groups is 1. The smallest absolute Gasteiger partial charge is 0.407 e. The Morgan fingerprint density at radius 3 is 2.31 bits per heavy atom. The Bertz CT molecular complexity index is 1140. The largest absolute Gasteiger partial charge is 0.487 e. The molecule has 0 radical (unpaired) electrons. The zero-order chi connectivity index (χ0) is 25.9. The van der Waals surface area contributed by atoms with E-state index in [4.69, 9.17) is 28.7 Å². The van der Waals surface area contributed by atoms with Crippen LogP contribution in [0.25, 0.3) is 16.7 Å². The lowest BCUT2D eigenvalue weighted by Crippen LogP contribution is -2.27. The first-order valence-electron chi connectivity index (χ1n) is 12.1. The summed E-state index contributed by atoms with van der Waals surface area (Å²) in [4.78, 5) is 16.4. The predicted molar refractivity (Wildman–Crippen MR) is 135 cm³/mol. The van der Waals surface area contributed by atoms with Gasteiger partial charge < -0.3 is 34.3 Å². The molecule has 3 rings (SSSR count). The Labute approximate surface area is 210 Å². The summed E-state index contributed by atoms with van der Waals surface area (Å²) in [6.07, 6.45) is 1.07. The van der Waals surface area contributed by atoms with E-state index in [2.05, 4.69) is 20.8 Å². The van der Waals surface area contributed by atoms with E-state index >= 15 is 0 Å². The van der Waals surface area contributed by atoms with Crippen molar-refractivity contribution in [3.05, 3.63) is 18.0 Å². The highest BCUT2D eigenvalue weighted by Crippen LogP contribution is 2.34. The van der Waals surface area contributed by atoms with Crippen molar-refractivity contribution in [2.75, 3.05) is 59.1 Å². The van der Waals surface area contributed by atoms with Gasteiger partial charge in [-0.15, -0.1) is 10.2 Å². The molecular weight excluding hydrogens is 468 g/mol. The van der Waals surface area contributed by atoms with Crippen LogP contribution >= 0.6 is 0 Å². The number of carbonyl (C=O) groups excluding carboxylic acids is 1. The lowest BCUT2D eigenvalue weighted by Gasteiger charge is -2.15. The number of alkyl carbamates (subject to hydrolysis) is 1. The van der Waals surface area contributed by atoms with Crippen molar-refractivity contribution >= 4 is 28.6 Å². The number of benzene rings is 1. The number of anilines is 1. The molecule has 0 aliphatic rings. The van der Waals surface area contributed by atoms with Crippen molar-refractivity contribution in [2.45, 2.75) is 39.7 Å². The van der Waals surface area contributed by atoms with Gasteiger partial charge in [0.15, 0.2) is 17.3 Å². The number of ether oxygens (including phenoxy) is 5. The SMILES string of the molecule is COCCOc1cc2nc(NCCCCNC(=O)OC(C)C)c3nnc(C)n3c2cc1OCCOC. The van der Waals surface area contributed by atoms with Crippen molar-refractivity contribution in [3.63, 3.8) is 0 Å². The van der Waals surface area contributed by atoms with Gasteiger partial charge >= 0.3 is 6.09 Å². The van der Waals surface area contributed by atoms with Crippen LogP contribution in [0.3, 0.4) is 0 Å². The number of nitrogens with one attached hydrogen (secondary N) is 2. The van der Waals surface area contributed by atoms with Crippen LogP contribution in [-0.2, 0) is 14.2 Å². The van der Waals surface area contributed by atoms with Crippen LogP contribution in [0.2, 0.25) is 0 Å². The molecule has 2 N–H and O–H groups in total. The van der Waals surface area contributed by atoms with Crippen molar-refractivity contribution in [1.29, 1.82) is 0 Å². The third-order valence-corrected chi connectivity index (χ3v) is 5.15. The molecule has 0 aliphatic carbocycles. The van der Waals surface area contributed by atoms with Gasteiger partial charge in [-0.2, -0.15) is 0 Å². The van der Waals surface area contributed by atoms with Crippen LogP contribution in [0.5, 0.6) is 11.5 Å². The zero-order valence-electron chi connectivity index (χ0n) is 21.6. The van der Waals surface area contributed by atoms with Gasteiger partial charge in [0.1, 0.15) is 19.0 Å². The molecular formula is C24H36N6O6. The van der Waals surface area contributed by atoms with Gasteiger partial charge in [-0.1, -0.05) is 0 Å². The molecule has 1 amide bonds. The molecule has 198 valence electrons. The Morgan fingerprint density at radius 1 is 0.972 bits per heavy atom.